The van der Waals surface area contributed by atoms with Crippen molar-refractivity contribution in [2.75, 3.05) is 14.2 Å². The summed E-state index contributed by atoms with van der Waals surface area (Å²) < 4.78 is 5.50. The Morgan fingerprint density at radius 1 is 1.32 bits per heavy atom. The van der Waals surface area contributed by atoms with Crippen molar-refractivity contribution < 1.29 is 14.6 Å². The van der Waals surface area contributed by atoms with Gasteiger partial charge in [-0.15, -0.1) is 11.3 Å². The van der Waals surface area contributed by atoms with Crippen molar-refractivity contribution in [3.63, 3.8) is 0 Å². The second-order valence-electron chi connectivity index (χ2n) is 7.31. The van der Waals surface area contributed by atoms with Gasteiger partial charge in [0.25, 0.3) is 0 Å². The van der Waals surface area contributed by atoms with E-state index in [1.54, 1.807) is 18.6 Å². The predicted octanol–water partition coefficient (Wildman–Crippen LogP) is 6.56. The van der Waals surface area contributed by atoms with Crippen LogP contribution < -0.4 is 0 Å². The molecule has 0 aliphatic carbocycles. The first-order valence-corrected chi connectivity index (χ1v) is 10.4. The van der Waals surface area contributed by atoms with Crippen LogP contribution in [-0.2, 0) is 4.74 Å². The maximum atomic E-state index is 11.3. The summed E-state index contributed by atoms with van der Waals surface area (Å²) in [6.45, 7) is 12.5. The minimum Gasteiger partial charge on any atom is -0.501 e. The molecule has 1 aromatic rings. The lowest BCUT2D eigenvalue weighted by Crippen LogP contribution is -2.11. The Labute approximate surface area is 173 Å². The van der Waals surface area contributed by atoms with Crippen LogP contribution in [0.5, 0.6) is 0 Å². The largest absolute Gasteiger partial charge is 0.501 e. The summed E-state index contributed by atoms with van der Waals surface area (Å²) in [5, 5.41) is 11.0. The topological polar surface area (TPSA) is 49.8 Å². The lowest BCUT2D eigenvalue weighted by molar-refractivity contribution is 0.0697. The van der Waals surface area contributed by atoms with Crippen LogP contribution in [0.15, 0.2) is 52.3 Å². The van der Waals surface area contributed by atoms with E-state index >= 15 is 0 Å². The predicted molar refractivity (Wildman–Crippen MR) is 119 cm³/mol. The first kappa shape index (κ1) is 23.8. The Kier molecular flexibility index (Phi) is 9.26. The molecule has 1 aromatic heterocycles. The summed E-state index contributed by atoms with van der Waals surface area (Å²) in [6, 6.07) is 1.74. The van der Waals surface area contributed by atoms with Gasteiger partial charge in [0.05, 0.1) is 29.0 Å². The van der Waals surface area contributed by atoms with Crippen molar-refractivity contribution in [1.29, 1.82) is 0 Å². The Morgan fingerprint density at radius 2 is 1.96 bits per heavy atom. The molecule has 1 N–H and O–H groups in total. The van der Waals surface area contributed by atoms with Gasteiger partial charge in [0.2, 0.25) is 0 Å². The Bertz CT molecular complexity index is 806. The molecule has 0 amide bonds. The van der Waals surface area contributed by atoms with E-state index in [-0.39, 0.29) is 0 Å². The summed E-state index contributed by atoms with van der Waals surface area (Å²) in [7, 11) is 3.70. The average Bonchev–Trinajstić information content (AvgIpc) is 3.09. The quantitative estimate of drug-likeness (QED) is 0.375. The number of thiophene rings is 1. The molecule has 0 atom stereocenters. The van der Waals surface area contributed by atoms with Crippen LogP contribution in [0.3, 0.4) is 0 Å². The molecule has 0 unspecified atom stereocenters. The third kappa shape index (κ3) is 6.71. The highest BCUT2D eigenvalue weighted by atomic mass is 32.1. The van der Waals surface area contributed by atoms with E-state index < -0.39 is 5.97 Å². The van der Waals surface area contributed by atoms with Crippen LogP contribution >= 0.6 is 11.3 Å². The zero-order valence-corrected chi connectivity index (χ0v) is 19.1. The Hall–Kier alpha value is -2.27. The molecule has 5 heteroatoms. The Morgan fingerprint density at radius 3 is 2.39 bits per heavy atom. The highest BCUT2D eigenvalue weighted by molar-refractivity contribution is 7.11. The summed E-state index contributed by atoms with van der Waals surface area (Å²) in [5.41, 5.74) is 4.76. The molecule has 0 bridgehead atoms. The van der Waals surface area contributed by atoms with E-state index in [0.717, 1.165) is 33.9 Å². The smallest absolute Gasteiger partial charge is 0.336 e. The lowest BCUT2D eigenvalue weighted by atomic mass is 10.0. The average molecular weight is 404 g/mol. The Balaban J connectivity index is 3.51. The third-order valence-electron chi connectivity index (χ3n) is 4.18. The first-order chi connectivity index (χ1) is 13.1. The van der Waals surface area contributed by atoms with Crippen molar-refractivity contribution in [2.45, 2.75) is 48.0 Å². The molecule has 0 aromatic carbocycles. The fourth-order valence-electron chi connectivity index (χ4n) is 2.84. The van der Waals surface area contributed by atoms with Gasteiger partial charge in [0.15, 0.2) is 0 Å². The molecule has 0 saturated carbocycles. The van der Waals surface area contributed by atoms with Gasteiger partial charge < -0.3 is 14.7 Å². The van der Waals surface area contributed by atoms with E-state index in [1.165, 1.54) is 16.9 Å². The number of nitrogens with zero attached hydrogens (tertiary/aromatic N) is 1. The van der Waals surface area contributed by atoms with Crippen LogP contribution in [-0.4, -0.2) is 30.1 Å². The van der Waals surface area contributed by atoms with Crippen molar-refractivity contribution in [3.05, 3.63) is 62.7 Å². The van der Waals surface area contributed by atoms with Crippen LogP contribution in [0.1, 0.15) is 63.2 Å². The van der Waals surface area contributed by atoms with Crippen LogP contribution in [0.4, 0.5) is 0 Å². The summed E-state index contributed by atoms with van der Waals surface area (Å²) in [5.74, 6) is 0.329. The number of rotatable bonds is 9. The molecule has 0 aliphatic rings. The number of ether oxygens (including phenoxy) is 1. The van der Waals surface area contributed by atoms with Gasteiger partial charge in [-0.05, 0) is 50.3 Å². The minimum atomic E-state index is -0.901. The molecule has 4 nitrogen and oxygen atoms in total. The number of carboxylic acid groups (broad SMARTS) is 1. The third-order valence-corrected chi connectivity index (χ3v) is 5.13. The zero-order chi connectivity index (χ0) is 21.4. The van der Waals surface area contributed by atoms with Gasteiger partial charge in [-0.25, -0.2) is 4.79 Å². The summed E-state index contributed by atoms with van der Waals surface area (Å²) >= 11 is 1.45. The van der Waals surface area contributed by atoms with Gasteiger partial charge in [0, 0.05) is 18.6 Å². The second-order valence-corrected chi connectivity index (χ2v) is 8.22. The van der Waals surface area contributed by atoms with Crippen molar-refractivity contribution in [1.82, 2.24) is 4.90 Å². The number of methoxy groups -OCH3 is 1. The molecule has 0 fully saturated rings. The normalized spacial score (nSPS) is 13.3. The van der Waals surface area contributed by atoms with Crippen molar-refractivity contribution >= 4 is 23.0 Å². The van der Waals surface area contributed by atoms with E-state index in [0.29, 0.717) is 11.5 Å². The molecular weight excluding hydrogens is 370 g/mol. The molecule has 0 aliphatic heterocycles. The molecule has 1 rings (SSSR count). The minimum absolute atomic E-state index is 0.320. The van der Waals surface area contributed by atoms with Crippen LogP contribution in [0.2, 0.25) is 0 Å². The molecule has 0 radical (unpaired) electrons. The van der Waals surface area contributed by atoms with Gasteiger partial charge in [-0.2, -0.15) is 0 Å². The molecule has 154 valence electrons. The molecule has 0 spiro atoms. The monoisotopic (exact) mass is 403 g/mol. The van der Waals surface area contributed by atoms with Crippen molar-refractivity contribution in [3.8, 4) is 0 Å². The molecule has 1 heterocycles. The standard InChI is InChI=1S/C23H33NO3S/c1-9-20(17(6)27-8)18(10-15(2)3)13-24(7)21(11-16(4)5)22-12-19(14-28-22)23(25)26/h10-14,16H,9H2,1-8H3,(H,25,26)/b18-13+,20-17+,21-11-. The maximum absolute atomic E-state index is 11.3. The van der Waals surface area contributed by atoms with Crippen LogP contribution in [0.25, 0.3) is 5.70 Å². The molecular formula is C23H33NO3S. The number of allylic oxidation sites excluding steroid dienone is 6. The van der Waals surface area contributed by atoms with Gasteiger partial charge in [-0.1, -0.05) is 38.5 Å². The fraction of sp³-hybridized carbons (Fsp3) is 0.435. The van der Waals surface area contributed by atoms with E-state index in [2.05, 4.69) is 57.9 Å². The van der Waals surface area contributed by atoms with E-state index in [4.69, 9.17) is 4.74 Å². The summed E-state index contributed by atoms with van der Waals surface area (Å²) in [4.78, 5) is 14.3. The summed E-state index contributed by atoms with van der Waals surface area (Å²) in [6.07, 6.45) is 7.27. The van der Waals surface area contributed by atoms with Gasteiger partial charge >= 0.3 is 5.97 Å². The maximum Gasteiger partial charge on any atom is 0.336 e. The number of hydrogen-bond acceptors (Lipinski definition) is 4. The highest BCUT2D eigenvalue weighted by Gasteiger charge is 2.15. The van der Waals surface area contributed by atoms with Crippen LogP contribution in [0, 0.1) is 5.92 Å². The van der Waals surface area contributed by atoms with Gasteiger partial charge in [-0.3, -0.25) is 0 Å². The molecule has 28 heavy (non-hydrogen) atoms. The van der Waals surface area contributed by atoms with Crippen molar-refractivity contribution in [2.24, 2.45) is 5.92 Å². The number of hydrogen-bond donors (Lipinski definition) is 1. The SMILES string of the molecule is CCC(/C(C=C(C)C)=C/N(C)/C(=C\C(C)C)c1cc(C(=O)O)cs1)=C(/C)OC. The van der Waals surface area contributed by atoms with Gasteiger partial charge in [0.1, 0.15) is 0 Å². The fourth-order valence-corrected chi connectivity index (χ4v) is 3.79. The molecule has 0 saturated heterocycles. The first-order valence-electron chi connectivity index (χ1n) is 9.48. The van der Waals surface area contributed by atoms with E-state index in [9.17, 15) is 9.90 Å². The van der Waals surface area contributed by atoms with E-state index in [1.807, 2.05) is 14.0 Å². The number of carbonyl (C=O) groups is 1. The highest BCUT2D eigenvalue weighted by Crippen LogP contribution is 2.29. The number of aromatic carboxylic acids is 1. The number of carboxylic acids is 1. The lowest BCUT2D eigenvalue weighted by Gasteiger charge is -2.22. The second kappa shape index (κ2) is 10.9. The zero-order valence-electron chi connectivity index (χ0n) is 18.3.